The van der Waals surface area contributed by atoms with Crippen molar-refractivity contribution < 1.29 is 4.79 Å². The van der Waals surface area contributed by atoms with Crippen molar-refractivity contribution in [2.75, 3.05) is 33.7 Å². The molecule has 1 unspecified atom stereocenters. The van der Waals surface area contributed by atoms with Crippen LogP contribution in [-0.4, -0.2) is 65.6 Å². The third kappa shape index (κ3) is 2.23. The lowest BCUT2D eigenvalue weighted by atomic mass is 10.1. The minimum absolute atomic E-state index is 0.174. The molecule has 0 radical (unpaired) electrons. The fraction of sp³-hybridized carbons (Fsp3) is 0.800. The average molecular weight is 279 g/mol. The third-order valence-electron chi connectivity index (χ3n) is 3.01. The molecule has 1 N–H and O–H groups in total. The lowest BCUT2D eigenvalue weighted by Gasteiger charge is -2.27. The first kappa shape index (κ1) is 12.9. The summed E-state index contributed by atoms with van der Waals surface area (Å²) in [5.41, 5.74) is 0.222. The van der Waals surface area contributed by atoms with Gasteiger partial charge in [0.25, 0.3) is 5.91 Å². The van der Waals surface area contributed by atoms with Crippen molar-refractivity contribution >= 4 is 34.8 Å². The Bertz CT molecular complexity index is 356. The zero-order chi connectivity index (χ0) is 12.6. The molecule has 1 fully saturated rings. The number of hydrogen-bond acceptors (Lipinski definition) is 4. The van der Waals surface area contributed by atoms with Crippen molar-refractivity contribution in [1.29, 1.82) is 0 Å². The van der Waals surface area contributed by atoms with Gasteiger partial charge in [0, 0.05) is 27.2 Å². The van der Waals surface area contributed by atoms with E-state index in [0.717, 1.165) is 19.5 Å². The maximum absolute atomic E-state index is 12.0. The van der Waals surface area contributed by atoms with Crippen LogP contribution in [-0.2, 0) is 4.79 Å². The van der Waals surface area contributed by atoms with Gasteiger partial charge in [0.1, 0.15) is 0 Å². The van der Waals surface area contributed by atoms with E-state index in [-0.39, 0.29) is 17.7 Å². The van der Waals surface area contributed by atoms with E-state index in [0.29, 0.717) is 6.54 Å². The molecule has 96 valence electrons. The molecule has 17 heavy (non-hydrogen) atoms. The van der Waals surface area contributed by atoms with E-state index in [1.165, 1.54) is 4.90 Å². The van der Waals surface area contributed by atoms with Crippen LogP contribution in [0.25, 0.3) is 0 Å². The van der Waals surface area contributed by atoms with Crippen molar-refractivity contribution in [3.05, 3.63) is 0 Å². The summed E-state index contributed by atoms with van der Waals surface area (Å²) in [5.74, 6) is -0.233. The van der Waals surface area contributed by atoms with Gasteiger partial charge >= 0.3 is 0 Å². The van der Waals surface area contributed by atoms with E-state index in [1.807, 2.05) is 5.01 Å². The normalized spacial score (nSPS) is 27.2. The van der Waals surface area contributed by atoms with Crippen LogP contribution in [0.5, 0.6) is 0 Å². The molecule has 2 aliphatic rings. The molecule has 0 aromatic rings. The quantitative estimate of drug-likeness (QED) is 0.701. The molecule has 2 heterocycles. The zero-order valence-corrected chi connectivity index (χ0v) is 11.4. The predicted molar refractivity (Wildman–Crippen MR) is 68.5 cm³/mol. The molecule has 1 atom stereocenters. The molecule has 7 heteroatoms. The van der Waals surface area contributed by atoms with E-state index >= 15 is 0 Å². The topological polar surface area (TPSA) is 47.9 Å². The van der Waals surface area contributed by atoms with Crippen LogP contribution in [0, 0.1) is 0 Å². The van der Waals surface area contributed by atoms with E-state index in [9.17, 15) is 4.79 Å². The number of carbonyl (C=O) groups is 1. The number of nitrogens with one attached hydrogen (secondary N) is 1. The SMILES string of the molecule is CN(C)C(=O)C1=NN2CCCNCC2C1(Cl)Cl. The largest absolute Gasteiger partial charge is 0.344 e. The fourth-order valence-electron chi connectivity index (χ4n) is 2.05. The van der Waals surface area contributed by atoms with Gasteiger partial charge in [-0.2, -0.15) is 5.10 Å². The van der Waals surface area contributed by atoms with Crippen molar-refractivity contribution in [2.45, 2.75) is 16.8 Å². The van der Waals surface area contributed by atoms with Crippen LogP contribution in [0.3, 0.4) is 0 Å². The molecule has 0 aromatic heterocycles. The van der Waals surface area contributed by atoms with Gasteiger partial charge in [-0.15, -0.1) is 0 Å². The van der Waals surface area contributed by atoms with Crippen LogP contribution in [0.2, 0.25) is 0 Å². The minimum atomic E-state index is -1.24. The summed E-state index contributed by atoms with van der Waals surface area (Å²) < 4.78 is -1.24. The molecular weight excluding hydrogens is 263 g/mol. The lowest BCUT2D eigenvalue weighted by molar-refractivity contribution is -0.121. The molecule has 0 aromatic carbocycles. The van der Waals surface area contributed by atoms with Gasteiger partial charge in [-0.3, -0.25) is 9.80 Å². The number of nitrogens with zero attached hydrogens (tertiary/aromatic N) is 3. The molecule has 0 bridgehead atoms. The number of fused-ring (bicyclic) bond motifs is 1. The number of rotatable bonds is 1. The Morgan fingerprint density at radius 1 is 1.59 bits per heavy atom. The van der Waals surface area contributed by atoms with E-state index in [2.05, 4.69) is 10.4 Å². The average Bonchev–Trinajstić information content (AvgIpc) is 2.45. The van der Waals surface area contributed by atoms with Gasteiger partial charge < -0.3 is 10.2 Å². The summed E-state index contributed by atoms with van der Waals surface area (Å²) in [6.07, 6.45) is 0.966. The predicted octanol–water partition coefficient (Wildman–Crippen LogP) is 0.282. The fourth-order valence-corrected chi connectivity index (χ4v) is 2.67. The Morgan fingerprint density at radius 2 is 2.29 bits per heavy atom. The molecule has 0 aliphatic carbocycles. The summed E-state index contributed by atoms with van der Waals surface area (Å²) in [6.45, 7) is 2.33. The number of carbonyl (C=O) groups excluding carboxylic acids is 1. The highest BCUT2D eigenvalue weighted by molar-refractivity contribution is 6.69. The molecule has 5 nitrogen and oxygen atoms in total. The highest BCUT2D eigenvalue weighted by atomic mass is 35.5. The summed E-state index contributed by atoms with van der Waals surface area (Å²) >= 11 is 12.6. The molecular formula is C10H16Cl2N4O. The molecule has 2 rings (SSSR count). The van der Waals surface area contributed by atoms with Gasteiger partial charge in [0.15, 0.2) is 10.0 Å². The number of hydrazone groups is 1. The molecule has 1 amide bonds. The summed E-state index contributed by atoms with van der Waals surface area (Å²) in [5, 5.41) is 9.38. The Morgan fingerprint density at radius 3 is 2.94 bits per heavy atom. The molecule has 2 aliphatic heterocycles. The third-order valence-corrected chi connectivity index (χ3v) is 3.87. The second-order valence-electron chi connectivity index (χ2n) is 4.51. The van der Waals surface area contributed by atoms with E-state index in [4.69, 9.17) is 23.2 Å². The lowest BCUT2D eigenvalue weighted by Crippen LogP contribution is -2.49. The van der Waals surface area contributed by atoms with Crippen LogP contribution in [0.4, 0.5) is 0 Å². The molecule has 1 saturated heterocycles. The van der Waals surface area contributed by atoms with Crippen LogP contribution in [0.1, 0.15) is 6.42 Å². The van der Waals surface area contributed by atoms with Crippen molar-refractivity contribution in [2.24, 2.45) is 5.10 Å². The monoisotopic (exact) mass is 278 g/mol. The van der Waals surface area contributed by atoms with Crippen molar-refractivity contribution in [3.8, 4) is 0 Å². The Hall–Kier alpha value is -0.520. The second kappa shape index (κ2) is 4.63. The highest BCUT2D eigenvalue weighted by Gasteiger charge is 2.52. The molecule has 0 spiro atoms. The first-order valence-corrected chi connectivity index (χ1v) is 6.36. The van der Waals surface area contributed by atoms with Crippen LogP contribution in [0.15, 0.2) is 5.10 Å². The van der Waals surface area contributed by atoms with Gasteiger partial charge in [-0.05, 0) is 13.0 Å². The van der Waals surface area contributed by atoms with Gasteiger partial charge in [0.05, 0.1) is 6.04 Å². The number of hydrogen-bond donors (Lipinski definition) is 1. The van der Waals surface area contributed by atoms with Crippen molar-refractivity contribution in [1.82, 2.24) is 15.2 Å². The summed E-state index contributed by atoms with van der Waals surface area (Å²) in [6, 6.07) is -0.174. The van der Waals surface area contributed by atoms with Gasteiger partial charge in [-0.1, -0.05) is 23.2 Å². The second-order valence-corrected chi connectivity index (χ2v) is 5.89. The van der Waals surface area contributed by atoms with Crippen LogP contribution < -0.4 is 5.32 Å². The van der Waals surface area contributed by atoms with Crippen molar-refractivity contribution in [3.63, 3.8) is 0 Å². The molecule has 0 saturated carbocycles. The number of alkyl halides is 2. The Balaban J connectivity index is 2.28. The standard InChI is InChI=1S/C10H16Cl2N4O/c1-15(2)9(17)8-10(11,12)7-6-13-4-3-5-16(7)14-8/h7,13H,3-6H2,1-2H3. The Labute approximate surface area is 111 Å². The van der Waals surface area contributed by atoms with Gasteiger partial charge in [-0.25, -0.2) is 0 Å². The summed E-state index contributed by atoms with van der Waals surface area (Å²) in [4.78, 5) is 13.4. The zero-order valence-electron chi connectivity index (χ0n) is 9.91. The van der Waals surface area contributed by atoms with E-state index < -0.39 is 4.33 Å². The minimum Gasteiger partial charge on any atom is -0.344 e. The Kier molecular flexibility index (Phi) is 3.52. The highest BCUT2D eigenvalue weighted by Crippen LogP contribution is 2.37. The summed E-state index contributed by atoms with van der Waals surface area (Å²) in [7, 11) is 3.33. The maximum Gasteiger partial charge on any atom is 0.272 e. The van der Waals surface area contributed by atoms with E-state index in [1.54, 1.807) is 14.1 Å². The number of amides is 1. The first-order chi connectivity index (χ1) is 7.94. The first-order valence-electron chi connectivity index (χ1n) is 5.60. The smallest absolute Gasteiger partial charge is 0.272 e. The van der Waals surface area contributed by atoms with Crippen LogP contribution >= 0.6 is 23.2 Å². The maximum atomic E-state index is 12.0. The van der Waals surface area contributed by atoms with Gasteiger partial charge in [0.2, 0.25) is 0 Å². The number of halogens is 2.